The second kappa shape index (κ2) is 11.1. The summed E-state index contributed by atoms with van der Waals surface area (Å²) in [6.07, 6.45) is -6.45. The molecule has 1 saturated carbocycles. The van der Waals surface area contributed by atoms with E-state index in [2.05, 4.69) is 15.6 Å². The zero-order valence-electron chi connectivity index (χ0n) is 20.0. The number of primary amides is 1. The Morgan fingerprint density at radius 2 is 1.87 bits per heavy atom. The molecule has 1 aliphatic carbocycles. The summed E-state index contributed by atoms with van der Waals surface area (Å²) in [5.74, 6) is -6.01. The Hall–Kier alpha value is -3.47. The highest BCUT2D eigenvalue weighted by molar-refractivity contribution is 6.31. The molecule has 2 aromatic rings. The number of hydrogen-bond acceptors (Lipinski definition) is 4. The van der Waals surface area contributed by atoms with Crippen LogP contribution in [0.3, 0.4) is 0 Å². The molecule has 3 atom stereocenters. The minimum absolute atomic E-state index is 0.0970. The number of nitrogens with two attached hydrogens (primary N) is 1. The number of anilines is 1. The number of alkyl halides is 3. The van der Waals surface area contributed by atoms with Gasteiger partial charge in [-0.15, -0.1) is 0 Å². The molecule has 0 radical (unpaired) electrons. The molecule has 3 amide bonds. The molecule has 12 heteroatoms. The number of hydrogen-bond donors (Lipinski definition) is 3. The summed E-state index contributed by atoms with van der Waals surface area (Å²) in [4.78, 5) is 43.0. The second-order valence-corrected chi connectivity index (χ2v) is 9.94. The first-order chi connectivity index (χ1) is 17.9. The molecule has 0 spiro atoms. The number of nitrogens with zero attached hydrogens (tertiary/aromatic N) is 1. The Labute approximate surface area is 220 Å². The van der Waals surface area contributed by atoms with Crippen LogP contribution in [0.1, 0.15) is 43.2 Å². The fourth-order valence-corrected chi connectivity index (χ4v) is 4.72. The molecule has 1 aliphatic heterocycles. The smallest absolute Gasteiger partial charge is 0.369 e. The van der Waals surface area contributed by atoms with Crippen molar-refractivity contribution in [3.63, 3.8) is 0 Å². The van der Waals surface area contributed by atoms with Gasteiger partial charge in [-0.3, -0.25) is 14.4 Å². The fraction of sp³-hybridized carbons (Fsp3) is 0.385. The van der Waals surface area contributed by atoms with Crippen LogP contribution in [0.15, 0.2) is 47.5 Å². The molecular formula is C26H25ClF4N4O3. The lowest BCUT2D eigenvalue weighted by Gasteiger charge is -2.26. The molecule has 7 nitrogen and oxygen atoms in total. The number of amides is 3. The predicted octanol–water partition coefficient (Wildman–Crippen LogP) is 4.57. The van der Waals surface area contributed by atoms with Gasteiger partial charge >= 0.3 is 6.18 Å². The molecule has 3 unspecified atom stereocenters. The number of rotatable bonds is 9. The molecule has 38 heavy (non-hydrogen) atoms. The number of benzene rings is 2. The third-order valence-corrected chi connectivity index (χ3v) is 6.85. The van der Waals surface area contributed by atoms with E-state index < -0.39 is 60.6 Å². The molecule has 0 aromatic heterocycles. The highest BCUT2D eigenvalue weighted by Gasteiger charge is 2.41. The summed E-state index contributed by atoms with van der Waals surface area (Å²) in [5, 5.41) is 5.11. The average Bonchev–Trinajstić information content (AvgIpc) is 3.66. The first-order valence-corrected chi connectivity index (χ1v) is 12.4. The van der Waals surface area contributed by atoms with E-state index in [-0.39, 0.29) is 29.3 Å². The number of benzodiazepines with no additional fused rings is 1. The first kappa shape index (κ1) is 27.6. The monoisotopic (exact) mass is 552 g/mol. The van der Waals surface area contributed by atoms with E-state index >= 15 is 0 Å². The predicted molar refractivity (Wildman–Crippen MR) is 133 cm³/mol. The molecule has 1 heterocycles. The maximum Gasteiger partial charge on any atom is 0.389 e. The normalized spacial score (nSPS) is 18.9. The van der Waals surface area contributed by atoms with Crippen molar-refractivity contribution in [2.45, 2.75) is 44.4 Å². The topological polar surface area (TPSA) is 114 Å². The van der Waals surface area contributed by atoms with Gasteiger partial charge in [0.15, 0.2) is 0 Å². The van der Waals surface area contributed by atoms with E-state index in [4.69, 9.17) is 17.3 Å². The Morgan fingerprint density at radius 1 is 1.16 bits per heavy atom. The highest BCUT2D eigenvalue weighted by Crippen LogP contribution is 2.39. The lowest BCUT2D eigenvalue weighted by Crippen LogP contribution is -2.48. The van der Waals surface area contributed by atoms with Crippen LogP contribution in [0, 0.1) is 23.6 Å². The van der Waals surface area contributed by atoms with Gasteiger partial charge in [-0.1, -0.05) is 48.7 Å². The Morgan fingerprint density at radius 3 is 2.50 bits per heavy atom. The minimum Gasteiger partial charge on any atom is -0.369 e. The third kappa shape index (κ3) is 6.69. The maximum atomic E-state index is 14.7. The van der Waals surface area contributed by atoms with Gasteiger partial charge in [0, 0.05) is 34.4 Å². The standard InChI is InChI=1S/C26H25ClF4N4O3/c27-15-4-1-3-14(12-15)20-17-5-2-6-19(28)21(17)34-25(38)23(33-20)35-24(37)16(9-10-26(29,30)31)18(22(32)36)11-13-7-8-13/h1-6,12-13,16,18,23H,7-11H2,(H2,32,36)(H,34,38)(H,35,37). The van der Waals surface area contributed by atoms with Crippen molar-refractivity contribution in [2.24, 2.45) is 28.5 Å². The quantitative estimate of drug-likeness (QED) is 0.396. The molecule has 202 valence electrons. The molecule has 0 bridgehead atoms. The number of carbonyl (C=O) groups is 3. The second-order valence-electron chi connectivity index (χ2n) is 9.50. The van der Waals surface area contributed by atoms with Crippen molar-refractivity contribution in [2.75, 3.05) is 5.32 Å². The van der Waals surface area contributed by atoms with Gasteiger partial charge in [0.05, 0.1) is 11.4 Å². The van der Waals surface area contributed by atoms with Crippen LogP contribution >= 0.6 is 11.6 Å². The van der Waals surface area contributed by atoms with Gasteiger partial charge in [0.2, 0.25) is 18.0 Å². The van der Waals surface area contributed by atoms with Crippen LogP contribution in [-0.2, 0) is 14.4 Å². The first-order valence-electron chi connectivity index (χ1n) is 12.0. The van der Waals surface area contributed by atoms with Crippen molar-refractivity contribution in [3.05, 3.63) is 64.4 Å². The molecular weight excluding hydrogens is 528 g/mol. The fourth-order valence-electron chi connectivity index (χ4n) is 4.53. The highest BCUT2D eigenvalue weighted by atomic mass is 35.5. The number of nitrogens with one attached hydrogen (secondary N) is 2. The van der Waals surface area contributed by atoms with E-state index in [0.29, 0.717) is 10.6 Å². The number of aliphatic imine (C=N–C) groups is 1. The Bertz CT molecular complexity index is 1280. The van der Waals surface area contributed by atoms with Crippen LogP contribution in [0.2, 0.25) is 5.02 Å². The van der Waals surface area contributed by atoms with Gasteiger partial charge in [0.25, 0.3) is 5.91 Å². The summed E-state index contributed by atoms with van der Waals surface area (Å²) >= 11 is 6.12. The zero-order chi connectivity index (χ0) is 27.6. The van der Waals surface area contributed by atoms with Gasteiger partial charge in [0.1, 0.15) is 5.82 Å². The van der Waals surface area contributed by atoms with Gasteiger partial charge in [-0.2, -0.15) is 13.2 Å². The van der Waals surface area contributed by atoms with Crippen LogP contribution in [0.5, 0.6) is 0 Å². The van der Waals surface area contributed by atoms with E-state index in [1.54, 1.807) is 18.2 Å². The largest absolute Gasteiger partial charge is 0.389 e. The van der Waals surface area contributed by atoms with Crippen molar-refractivity contribution in [1.29, 1.82) is 0 Å². The Kier molecular flexibility index (Phi) is 8.05. The molecule has 4 rings (SSSR count). The third-order valence-electron chi connectivity index (χ3n) is 6.61. The molecule has 0 saturated heterocycles. The summed E-state index contributed by atoms with van der Waals surface area (Å²) in [7, 11) is 0. The molecule has 2 aliphatic rings. The van der Waals surface area contributed by atoms with Gasteiger partial charge in [-0.05, 0) is 37.0 Å². The van der Waals surface area contributed by atoms with E-state index in [1.807, 2.05) is 0 Å². The van der Waals surface area contributed by atoms with Gasteiger partial charge in [-0.25, -0.2) is 9.38 Å². The van der Waals surface area contributed by atoms with Crippen LogP contribution in [0.25, 0.3) is 0 Å². The SMILES string of the molecule is NC(=O)C(CC1CC1)C(CCC(F)(F)F)C(=O)NC1N=C(c2cccc(Cl)c2)c2cccc(F)c2NC1=O. The van der Waals surface area contributed by atoms with Gasteiger partial charge < -0.3 is 16.4 Å². The Balaban J connectivity index is 1.69. The zero-order valence-corrected chi connectivity index (χ0v) is 20.8. The molecule has 4 N–H and O–H groups in total. The lowest BCUT2D eigenvalue weighted by molar-refractivity contribution is -0.146. The number of fused-ring (bicyclic) bond motifs is 1. The van der Waals surface area contributed by atoms with Crippen LogP contribution in [0.4, 0.5) is 23.2 Å². The van der Waals surface area contributed by atoms with E-state index in [0.717, 1.165) is 18.9 Å². The minimum atomic E-state index is -4.57. The average molecular weight is 553 g/mol. The van der Waals surface area contributed by atoms with Crippen LogP contribution in [-0.4, -0.2) is 35.8 Å². The summed E-state index contributed by atoms with van der Waals surface area (Å²) in [6.45, 7) is 0. The maximum absolute atomic E-state index is 14.7. The van der Waals surface area contributed by atoms with E-state index in [1.165, 1.54) is 18.2 Å². The molecule has 1 fully saturated rings. The van der Waals surface area contributed by atoms with Crippen molar-refractivity contribution in [3.8, 4) is 0 Å². The van der Waals surface area contributed by atoms with Crippen molar-refractivity contribution in [1.82, 2.24) is 5.32 Å². The summed E-state index contributed by atoms with van der Waals surface area (Å²) in [6, 6.07) is 10.5. The lowest BCUT2D eigenvalue weighted by atomic mass is 9.83. The van der Waals surface area contributed by atoms with E-state index in [9.17, 15) is 31.9 Å². The summed E-state index contributed by atoms with van der Waals surface area (Å²) < 4.78 is 53.9. The number of carbonyl (C=O) groups excluding carboxylic acids is 3. The molecule has 2 aromatic carbocycles. The number of halogens is 5. The summed E-state index contributed by atoms with van der Waals surface area (Å²) in [5.41, 5.74) is 6.08. The van der Waals surface area contributed by atoms with Crippen LogP contribution < -0.4 is 16.4 Å². The van der Waals surface area contributed by atoms with Crippen molar-refractivity contribution >= 4 is 40.7 Å². The van der Waals surface area contributed by atoms with Crippen molar-refractivity contribution < 1.29 is 31.9 Å². The number of para-hydroxylation sites is 1.